The smallest absolute Gasteiger partial charge is 0.272 e. The number of carbonyl (C=O) groups excluding carboxylic acids is 2. The quantitative estimate of drug-likeness (QED) is 0.733. The van der Waals surface area contributed by atoms with Crippen LogP contribution in [0.5, 0.6) is 0 Å². The molecule has 1 aliphatic heterocycles. The lowest BCUT2D eigenvalue weighted by atomic mass is 10.1. The molecule has 0 saturated carbocycles. The van der Waals surface area contributed by atoms with Gasteiger partial charge in [0.1, 0.15) is 17.6 Å². The average Bonchev–Trinajstić information content (AvgIpc) is 3.09. The van der Waals surface area contributed by atoms with E-state index in [1.54, 1.807) is 18.6 Å². The maximum atomic E-state index is 13.4. The number of carbonyl (C=O) groups is 2. The molecule has 1 atom stereocenters. The standard InChI is InChI=1S/C21H19FN4O2/c22-16-8-6-15-7-9-17(20(27)25-18(15)10-16)24-21(28)19-12-26(13-23-19)11-14-4-2-1-3-5-14/h1-6,8,10,12-13,17H,7,9,11H2,(H,24,28)(H,25,27)/t17-/m0/s1. The number of rotatable bonds is 4. The first-order valence-corrected chi connectivity index (χ1v) is 9.04. The lowest BCUT2D eigenvalue weighted by Gasteiger charge is -2.14. The van der Waals surface area contributed by atoms with Gasteiger partial charge in [0.2, 0.25) is 5.91 Å². The topological polar surface area (TPSA) is 76.0 Å². The number of hydrogen-bond acceptors (Lipinski definition) is 3. The van der Waals surface area contributed by atoms with E-state index in [9.17, 15) is 14.0 Å². The van der Waals surface area contributed by atoms with Crippen LogP contribution < -0.4 is 10.6 Å². The zero-order valence-corrected chi connectivity index (χ0v) is 15.1. The molecule has 0 radical (unpaired) electrons. The molecule has 0 aliphatic carbocycles. The number of hydrogen-bond donors (Lipinski definition) is 2. The number of halogens is 1. The highest BCUT2D eigenvalue weighted by molar-refractivity contribution is 6.01. The molecule has 0 fully saturated rings. The van der Waals surface area contributed by atoms with Crippen molar-refractivity contribution in [1.29, 1.82) is 0 Å². The highest BCUT2D eigenvalue weighted by atomic mass is 19.1. The van der Waals surface area contributed by atoms with E-state index in [0.717, 1.165) is 11.1 Å². The van der Waals surface area contributed by atoms with Gasteiger partial charge < -0.3 is 15.2 Å². The van der Waals surface area contributed by atoms with E-state index in [1.165, 1.54) is 12.1 Å². The third-order valence-corrected chi connectivity index (χ3v) is 4.73. The van der Waals surface area contributed by atoms with Crippen LogP contribution in [0.25, 0.3) is 0 Å². The summed E-state index contributed by atoms with van der Waals surface area (Å²) in [5, 5.41) is 5.42. The van der Waals surface area contributed by atoms with Crippen LogP contribution in [0.2, 0.25) is 0 Å². The maximum Gasteiger partial charge on any atom is 0.272 e. The van der Waals surface area contributed by atoms with E-state index in [1.807, 2.05) is 34.9 Å². The zero-order chi connectivity index (χ0) is 19.5. The van der Waals surface area contributed by atoms with Crippen molar-refractivity contribution in [2.24, 2.45) is 0 Å². The van der Waals surface area contributed by atoms with Crippen LogP contribution in [0.3, 0.4) is 0 Å². The Morgan fingerprint density at radius 2 is 2.07 bits per heavy atom. The predicted octanol–water partition coefficient (Wildman–Crippen LogP) is 2.75. The Bertz CT molecular complexity index is 1020. The fraction of sp³-hybridized carbons (Fsp3) is 0.190. The molecule has 2 N–H and O–H groups in total. The summed E-state index contributed by atoms with van der Waals surface area (Å²) in [6, 6.07) is 13.4. The lowest BCUT2D eigenvalue weighted by Crippen LogP contribution is -2.43. The van der Waals surface area contributed by atoms with Crippen LogP contribution in [-0.4, -0.2) is 27.4 Å². The van der Waals surface area contributed by atoms with Crippen molar-refractivity contribution in [3.8, 4) is 0 Å². The van der Waals surface area contributed by atoms with Gasteiger partial charge in [0, 0.05) is 18.4 Å². The van der Waals surface area contributed by atoms with Crippen LogP contribution in [-0.2, 0) is 17.8 Å². The molecule has 2 amide bonds. The molecule has 0 spiro atoms. The SMILES string of the molecule is O=C(N[C@H]1CCc2ccc(F)cc2NC1=O)c1cn(Cc2ccccc2)cn1. The summed E-state index contributed by atoms with van der Waals surface area (Å²) in [5.74, 6) is -1.18. The Balaban J connectivity index is 1.42. The van der Waals surface area contributed by atoms with Crippen molar-refractivity contribution in [1.82, 2.24) is 14.9 Å². The Labute approximate surface area is 161 Å². The molecular formula is C21H19FN4O2. The second-order valence-electron chi connectivity index (χ2n) is 6.77. The third-order valence-electron chi connectivity index (χ3n) is 4.73. The normalized spacial score (nSPS) is 16.0. The van der Waals surface area contributed by atoms with Gasteiger partial charge >= 0.3 is 0 Å². The Kier molecular flexibility index (Phi) is 4.89. The van der Waals surface area contributed by atoms with Gasteiger partial charge in [-0.15, -0.1) is 0 Å². The molecule has 7 heteroatoms. The second-order valence-corrected chi connectivity index (χ2v) is 6.77. The molecule has 3 aromatic rings. The molecule has 1 aromatic heterocycles. The van der Waals surface area contributed by atoms with Crippen LogP contribution in [0, 0.1) is 5.82 Å². The van der Waals surface area contributed by atoms with Crippen LogP contribution in [0.15, 0.2) is 61.1 Å². The Hall–Kier alpha value is -3.48. The van der Waals surface area contributed by atoms with E-state index in [-0.39, 0.29) is 11.6 Å². The van der Waals surface area contributed by atoms with Crippen molar-refractivity contribution in [3.05, 3.63) is 83.7 Å². The second kappa shape index (κ2) is 7.64. The molecule has 4 rings (SSSR count). The van der Waals surface area contributed by atoms with Crippen molar-refractivity contribution in [3.63, 3.8) is 0 Å². The largest absolute Gasteiger partial charge is 0.339 e. The third kappa shape index (κ3) is 3.93. The molecule has 2 aromatic carbocycles. The first kappa shape index (κ1) is 17.9. The number of amides is 2. The summed E-state index contributed by atoms with van der Waals surface area (Å²) in [5.41, 5.74) is 2.64. The number of aromatic nitrogens is 2. The van der Waals surface area contributed by atoms with Crippen molar-refractivity contribution in [2.75, 3.05) is 5.32 Å². The van der Waals surface area contributed by atoms with Crippen molar-refractivity contribution >= 4 is 17.5 Å². The van der Waals surface area contributed by atoms with Gasteiger partial charge in [-0.2, -0.15) is 0 Å². The van der Waals surface area contributed by atoms with Crippen LogP contribution in [0.1, 0.15) is 28.0 Å². The summed E-state index contributed by atoms with van der Waals surface area (Å²) in [6.45, 7) is 0.603. The minimum atomic E-state index is -0.706. The number of fused-ring (bicyclic) bond motifs is 1. The van der Waals surface area contributed by atoms with E-state index in [0.29, 0.717) is 25.1 Å². The predicted molar refractivity (Wildman–Crippen MR) is 102 cm³/mol. The molecule has 0 saturated heterocycles. The molecule has 1 aliphatic rings. The van der Waals surface area contributed by atoms with Gasteiger partial charge in [0.15, 0.2) is 0 Å². The van der Waals surface area contributed by atoms with Crippen molar-refractivity contribution < 1.29 is 14.0 Å². The number of nitrogens with one attached hydrogen (secondary N) is 2. The fourth-order valence-electron chi connectivity index (χ4n) is 3.26. The minimum absolute atomic E-state index is 0.247. The maximum absolute atomic E-state index is 13.4. The molecule has 28 heavy (non-hydrogen) atoms. The van der Waals surface area contributed by atoms with Crippen LogP contribution >= 0.6 is 0 Å². The van der Waals surface area contributed by atoms with E-state index >= 15 is 0 Å². The summed E-state index contributed by atoms with van der Waals surface area (Å²) in [6.07, 6.45) is 4.23. The average molecular weight is 378 g/mol. The first-order valence-electron chi connectivity index (χ1n) is 9.04. The van der Waals surface area contributed by atoms with Gasteiger partial charge in [-0.1, -0.05) is 36.4 Å². The zero-order valence-electron chi connectivity index (χ0n) is 15.1. The lowest BCUT2D eigenvalue weighted by molar-refractivity contribution is -0.118. The van der Waals surface area contributed by atoms with Crippen LogP contribution in [0.4, 0.5) is 10.1 Å². The molecule has 0 bridgehead atoms. The summed E-state index contributed by atoms with van der Waals surface area (Å²) >= 11 is 0. The highest BCUT2D eigenvalue weighted by Crippen LogP contribution is 2.23. The monoisotopic (exact) mass is 378 g/mol. The summed E-state index contributed by atoms with van der Waals surface area (Å²) in [7, 11) is 0. The minimum Gasteiger partial charge on any atom is -0.339 e. The van der Waals surface area contributed by atoms with Gasteiger partial charge in [-0.05, 0) is 36.1 Å². The van der Waals surface area contributed by atoms with E-state index in [2.05, 4.69) is 15.6 Å². The molecule has 2 heterocycles. The summed E-state index contributed by atoms with van der Waals surface area (Å²) < 4.78 is 15.2. The number of anilines is 1. The number of benzene rings is 2. The van der Waals surface area contributed by atoms with Gasteiger partial charge in [-0.3, -0.25) is 9.59 Å². The number of aryl methyl sites for hydroxylation is 1. The Morgan fingerprint density at radius 1 is 1.25 bits per heavy atom. The first-order chi connectivity index (χ1) is 13.6. The summed E-state index contributed by atoms with van der Waals surface area (Å²) in [4.78, 5) is 29.1. The van der Waals surface area contributed by atoms with Gasteiger partial charge in [0.05, 0.1) is 6.33 Å². The van der Waals surface area contributed by atoms with E-state index < -0.39 is 17.8 Å². The van der Waals surface area contributed by atoms with Crippen molar-refractivity contribution in [2.45, 2.75) is 25.4 Å². The molecule has 6 nitrogen and oxygen atoms in total. The fourth-order valence-corrected chi connectivity index (χ4v) is 3.26. The molecular weight excluding hydrogens is 359 g/mol. The number of nitrogens with zero attached hydrogens (tertiary/aromatic N) is 2. The number of imidazole rings is 1. The Morgan fingerprint density at radius 3 is 2.89 bits per heavy atom. The van der Waals surface area contributed by atoms with E-state index in [4.69, 9.17) is 0 Å². The van der Waals surface area contributed by atoms with Gasteiger partial charge in [0.25, 0.3) is 5.91 Å². The van der Waals surface area contributed by atoms with Gasteiger partial charge in [-0.25, -0.2) is 9.37 Å². The highest BCUT2D eigenvalue weighted by Gasteiger charge is 2.26. The molecule has 0 unspecified atom stereocenters. The molecule has 142 valence electrons.